The van der Waals surface area contributed by atoms with Gasteiger partial charge in [-0.2, -0.15) is 5.10 Å². The standard InChI is InChI=1S/C14H16N4O2/c1-2-20-13-4-3-10-9-18(8-6-11(10)16-13)14(19)12-5-7-15-17-12/h3-5,7H,2,6,8-9H2,1H3,(H,15,17). The van der Waals surface area contributed by atoms with Gasteiger partial charge in [-0.1, -0.05) is 6.07 Å². The van der Waals surface area contributed by atoms with Crippen LogP contribution in [0.5, 0.6) is 5.88 Å². The molecule has 0 aromatic carbocycles. The lowest BCUT2D eigenvalue weighted by Gasteiger charge is -2.28. The van der Waals surface area contributed by atoms with Crippen LogP contribution < -0.4 is 4.74 Å². The Bertz CT molecular complexity index is 610. The van der Waals surface area contributed by atoms with Gasteiger partial charge in [0, 0.05) is 31.8 Å². The van der Waals surface area contributed by atoms with Crippen molar-refractivity contribution in [3.05, 3.63) is 41.3 Å². The van der Waals surface area contributed by atoms with Gasteiger partial charge >= 0.3 is 0 Å². The van der Waals surface area contributed by atoms with Gasteiger partial charge in [-0.05, 0) is 18.6 Å². The Morgan fingerprint density at radius 1 is 1.45 bits per heavy atom. The molecule has 1 aliphatic rings. The smallest absolute Gasteiger partial charge is 0.272 e. The Hall–Kier alpha value is -2.37. The first-order chi connectivity index (χ1) is 9.78. The fraction of sp³-hybridized carbons (Fsp3) is 0.357. The number of ether oxygens (including phenoxy) is 1. The lowest BCUT2D eigenvalue weighted by atomic mass is 10.1. The minimum Gasteiger partial charge on any atom is -0.478 e. The van der Waals surface area contributed by atoms with E-state index in [9.17, 15) is 4.79 Å². The van der Waals surface area contributed by atoms with Crippen molar-refractivity contribution in [2.24, 2.45) is 0 Å². The molecular formula is C14H16N4O2. The quantitative estimate of drug-likeness (QED) is 0.917. The summed E-state index contributed by atoms with van der Waals surface area (Å²) < 4.78 is 5.40. The van der Waals surface area contributed by atoms with Crippen LogP contribution in [0.1, 0.15) is 28.7 Å². The van der Waals surface area contributed by atoms with Gasteiger partial charge in [0.05, 0.1) is 12.3 Å². The van der Waals surface area contributed by atoms with Crippen LogP contribution >= 0.6 is 0 Å². The van der Waals surface area contributed by atoms with Crippen molar-refractivity contribution in [3.8, 4) is 5.88 Å². The van der Waals surface area contributed by atoms with Crippen molar-refractivity contribution < 1.29 is 9.53 Å². The van der Waals surface area contributed by atoms with Crippen molar-refractivity contribution >= 4 is 5.91 Å². The van der Waals surface area contributed by atoms with Crippen molar-refractivity contribution in [3.63, 3.8) is 0 Å². The van der Waals surface area contributed by atoms with E-state index in [2.05, 4.69) is 15.2 Å². The highest BCUT2D eigenvalue weighted by Crippen LogP contribution is 2.21. The molecule has 1 N–H and O–H groups in total. The third-order valence-corrected chi connectivity index (χ3v) is 3.33. The molecule has 0 atom stereocenters. The highest BCUT2D eigenvalue weighted by atomic mass is 16.5. The number of nitrogens with one attached hydrogen (secondary N) is 1. The molecule has 0 spiro atoms. The number of carbonyl (C=O) groups is 1. The molecule has 6 heteroatoms. The van der Waals surface area contributed by atoms with Gasteiger partial charge < -0.3 is 9.64 Å². The van der Waals surface area contributed by atoms with Crippen LogP contribution in [0.3, 0.4) is 0 Å². The number of amides is 1. The first kappa shape index (κ1) is 12.7. The summed E-state index contributed by atoms with van der Waals surface area (Å²) in [6.07, 6.45) is 2.33. The molecule has 0 fully saturated rings. The number of fused-ring (bicyclic) bond motifs is 1. The molecule has 20 heavy (non-hydrogen) atoms. The van der Waals surface area contributed by atoms with Crippen molar-refractivity contribution in [2.45, 2.75) is 19.9 Å². The molecule has 6 nitrogen and oxygen atoms in total. The molecule has 3 rings (SSSR count). The SMILES string of the molecule is CCOc1ccc2c(n1)CCN(C(=O)c1ccn[nH]1)C2. The van der Waals surface area contributed by atoms with Gasteiger partial charge in [0.15, 0.2) is 0 Å². The molecule has 104 valence electrons. The number of carbonyl (C=O) groups excluding carboxylic acids is 1. The lowest BCUT2D eigenvalue weighted by molar-refractivity contribution is 0.0727. The van der Waals surface area contributed by atoms with Crippen LogP contribution in [-0.2, 0) is 13.0 Å². The van der Waals surface area contributed by atoms with E-state index in [4.69, 9.17) is 4.74 Å². The molecule has 0 aliphatic carbocycles. The zero-order valence-corrected chi connectivity index (χ0v) is 11.3. The third kappa shape index (κ3) is 2.36. The van der Waals surface area contributed by atoms with Crippen LogP contribution in [0.4, 0.5) is 0 Å². The second kappa shape index (κ2) is 5.32. The second-order valence-electron chi connectivity index (χ2n) is 4.64. The predicted molar refractivity (Wildman–Crippen MR) is 72.4 cm³/mol. The number of aromatic nitrogens is 3. The summed E-state index contributed by atoms with van der Waals surface area (Å²) >= 11 is 0. The van der Waals surface area contributed by atoms with E-state index >= 15 is 0 Å². The molecule has 0 unspecified atom stereocenters. The highest BCUT2D eigenvalue weighted by molar-refractivity contribution is 5.92. The fourth-order valence-corrected chi connectivity index (χ4v) is 2.34. The first-order valence-corrected chi connectivity index (χ1v) is 6.68. The normalized spacial score (nSPS) is 13.9. The Kier molecular flexibility index (Phi) is 3.37. The summed E-state index contributed by atoms with van der Waals surface area (Å²) in [5, 5.41) is 6.52. The van der Waals surface area contributed by atoms with E-state index in [0.29, 0.717) is 31.3 Å². The number of hydrogen-bond acceptors (Lipinski definition) is 4. The average Bonchev–Trinajstić information content (AvgIpc) is 3.00. The van der Waals surface area contributed by atoms with Gasteiger partial charge in [-0.25, -0.2) is 4.98 Å². The molecule has 2 aromatic rings. The minimum atomic E-state index is -0.0259. The monoisotopic (exact) mass is 272 g/mol. The molecule has 0 saturated heterocycles. The molecule has 0 bridgehead atoms. The maximum atomic E-state index is 12.2. The van der Waals surface area contributed by atoms with E-state index in [1.54, 1.807) is 17.2 Å². The molecule has 0 saturated carbocycles. The Morgan fingerprint density at radius 2 is 2.35 bits per heavy atom. The van der Waals surface area contributed by atoms with Gasteiger partial charge in [-0.15, -0.1) is 0 Å². The van der Waals surface area contributed by atoms with E-state index < -0.39 is 0 Å². The van der Waals surface area contributed by atoms with Crippen molar-refractivity contribution in [2.75, 3.05) is 13.2 Å². The maximum absolute atomic E-state index is 12.2. The zero-order chi connectivity index (χ0) is 13.9. The van der Waals surface area contributed by atoms with Crippen molar-refractivity contribution in [1.82, 2.24) is 20.1 Å². The third-order valence-electron chi connectivity index (χ3n) is 3.33. The number of rotatable bonds is 3. The predicted octanol–water partition coefficient (Wildman–Crippen LogP) is 1.40. The highest BCUT2D eigenvalue weighted by Gasteiger charge is 2.23. The molecule has 0 radical (unpaired) electrons. The van der Waals surface area contributed by atoms with E-state index in [-0.39, 0.29) is 5.91 Å². The number of H-pyrrole nitrogens is 1. The van der Waals surface area contributed by atoms with Crippen LogP contribution in [0.15, 0.2) is 24.4 Å². The topological polar surface area (TPSA) is 71.1 Å². The summed E-state index contributed by atoms with van der Waals surface area (Å²) in [6, 6.07) is 5.53. The van der Waals surface area contributed by atoms with Crippen LogP contribution in [0, 0.1) is 0 Å². The first-order valence-electron chi connectivity index (χ1n) is 6.68. The largest absolute Gasteiger partial charge is 0.478 e. The summed E-state index contributed by atoms with van der Waals surface area (Å²) in [7, 11) is 0. The summed E-state index contributed by atoms with van der Waals surface area (Å²) in [5.41, 5.74) is 2.62. The Balaban J connectivity index is 1.77. The number of pyridine rings is 1. The van der Waals surface area contributed by atoms with E-state index in [0.717, 1.165) is 17.7 Å². The van der Waals surface area contributed by atoms with Crippen LogP contribution in [0.25, 0.3) is 0 Å². The molecule has 1 amide bonds. The van der Waals surface area contributed by atoms with E-state index in [1.165, 1.54) is 0 Å². The van der Waals surface area contributed by atoms with Crippen LogP contribution in [-0.4, -0.2) is 39.1 Å². The van der Waals surface area contributed by atoms with Crippen LogP contribution in [0.2, 0.25) is 0 Å². The number of hydrogen-bond donors (Lipinski definition) is 1. The maximum Gasteiger partial charge on any atom is 0.272 e. The second-order valence-corrected chi connectivity index (χ2v) is 4.64. The Morgan fingerprint density at radius 3 is 3.10 bits per heavy atom. The van der Waals surface area contributed by atoms with Gasteiger partial charge in [0.2, 0.25) is 5.88 Å². The summed E-state index contributed by atoms with van der Waals surface area (Å²) in [5.74, 6) is 0.627. The Labute approximate surface area is 116 Å². The molecule has 1 aliphatic heterocycles. The van der Waals surface area contributed by atoms with E-state index in [1.807, 2.05) is 19.1 Å². The summed E-state index contributed by atoms with van der Waals surface area (Å²) in [6.45, 7) is 3.78. The number of aromatic amines is 1. The van der Waals surface area contributed by atoms with Gasteiger partial charge in [0.1, 0.15) is 5.69 Å². The minimum absolute atomic E-state index is 0.0259. The molecule has 3 heterocycles. The van der Waals surface area contributed by atoms with Gasteiger partial charge in [-0.3, -0.25) is 9.89 Å². The van der Waals surface area contributed by atoms with Gasteiger partial charge in [0.25, 0.3) is 5.91 Å². The fourth-order valence-electron chi connectivity index (χ4n) is 2.34. The number of nitrogens with zero attached hydrogens (tertiary/aromatic N) is 3. The summed E-state index contributed by atoms with van der Waals surface area (Å²) in [4.78, 5) is 18.5. The molecule has 2 aromatic heterocycles. The zero-order valence-electron chi connectivity index (χ0n) is 11.3. The lowest BCUT2D eigenvalue weighted by Crippen LogP contribution is -2.36. The van der Waals surface area contributed by atoms with Crippen molar-refractivity contribution in [1.29, 1.82) is 0 Å². The molecular weight excluding hydrogens is 256 g/mol. The average molecular weight is 272 g/mol.